The predicted molar refractivity (Wildman–Crippen MR) is 106 cm³/mol. The first-order valence-electron chi connectivity index (χ1n) is 8.20. The van der Waals surface area contributed by atoms with E-state index in [1.807, 2.05) is 24.3 Å². The molecule has 1 aromatic carbocycles. The molecule has 1 aliphatic rings. The molecule has 6 heteroatoms. The summed E-state index contributed by atoms with van der Waals surface area (Å²) in [7, 11) is 4.26. The van der Waals surface area contributed by atoms with Crippen LogP contribution in [0.5, 0.6) is 0 Å². The number of amides is 1. The van der Waals surface area contributed by atoms with Gasteiger partial charge < -0.3 is 16.0 Å². The van der Waals surface area contributed by atoms with Gasteiger partial charge in [0.1, 0.15) is 0 Å². The van der Waals surface area contributed by atoms with Crippen LogP contribution in [-0.2, 0) is 11.2 Å². The third-order valence-electron chi connectivity index (χ3n) is 4.98. The Labute approximate surface area is 158 Å². The van der Waals surface area contributed by atoms with Gasteiger partial charge in [-0.2, -0.15) is 0 Å². The fourth-order valence-corrected chi connectivity index (χ4v) is 3.50. The van der Waals surface area contributed by atoms with Crippen LogP contribution >= 0.6 is 24.8 Å². The molecule has 0 aliphatic heterocycles. The van der Waals surface area contributed by atoms with E-state index in [4.69, 9.17) is 5.73 Å². The molecule has 0 spiro atoms. The molecule has 0 radical (unpaired) electrons. The average molecular weight is 376 g/mol. The lowest BCUT2D eigenvalue weighted by atomic mass is 9.75. The Morgan fingerprint density at radius 2 is 1.92 bits per heavy atom. The highest BCUT2D eigenvalue weighted by atomic mass is 35.5. The van der Waals surface area contributed by atoms with Crippen LogP contribution in [0, 0.1) is 5.92 Å². The van der Waals surface area contributed by atoms with Crippen LogP contribution in [0.3, 0.4) is 0 Å². The molecule has 2 rings (SSSR count). The Bertz CT molecular complexity index is 507. The molecule has 2 atom stereocenters. The lowest BCUT2D eigenvalue weighted by Gasteiger charge is -2.45. The van der Waals surface area contributed by atoms with Gasteiger partial charge in [0.05, 0.1) is 6.42 Å². The minimum atomic E-state index is 0. The number of carbonyl (C=O) groups excluding carboxylic acids is 1. The van der Waals surface area contributed by atoms with E-state index in [1.165, 1.54) is 12.8 Å². The third-order valence-corrected chi connectivity index (χ3v) is 4.98. The molecule has 138 valence electrons. The van der Waals surface area contributed by atoms with Crippen LogP contribution < -0.4 is 11.1 Å². The van der Waals surface area contributed by atoms with E-state index >= 15 is 0 Å². The number of likely N-dealkylation sites (N-methyl/N-ethyl adjacent to an activating group) is 1. The first kappa shape index (κ1) is 23.0. The summed E-state index contributed by atoms with van der Waals surface area (Å²) in [5.41, 5.74) is 7.51. The standard InChI is InChI=1S/C18H29N3O.2ClH/c1-14-5-4-10-18(12-14,21(2)3)13-20-17(22)11-15-6-8-16(19)9-7-15;;/h6-9,14H,4-5,10-13,19H2,1-3H3,(H,20,22);2*1H. The second-order valence-electron chi connectivity index (χ2n) is 7.02. The number of rotatable bonds is 5. The zero-order chi connectivity index (χ0) is 16.2. The molecule has 4 nitrogen and oxygen atoms in total. The number of nitrogen functional groups attached to an aromatic ring is 1. The Kier molecular flexibility index (Phi) is 9.71. The van der Waals surface area contributed by atoms with Crippen molar-refractivity contribution < 1.29 is 4.79 Å². The van der Waals surface area contributed by atoms with Crippen LogP contribution in [0.25, 0.3) is 0 Å². The number of hydrogen-bond donors (Lipinski definition) is 2. The average Bonchev–Trinajstić information content (AvgIpc) is 2.47. The third kappa shape index (κ3) is 6.15. The van der Waals surface area contributed by atoms with Crippen molar-refractivity contribution in [1.29, 1.82) is 0 Å². The quantitative estimate of drug-likeness (QED) is 0.776. The summed E-state index contributed by atoms with van der Waals surface area (Å²) in [6.45, 7) is 3.05. The molecule has 1 aromatic rings. The molecule has 0 heterocycles. The summed E-state index contributed by atoms with van der Waals surface area (Å²) in [6.07, 6.45) is 5.27. The number of carbonyl (C=O) groups is 1. The topological polar surface area (TPSA) is 58.4 Å². The lowest BCUT2D eigenvalue weighted by Crippen LogP contribution is -2.55. The van der Waals surface area contributed by atoms with Gasteiger partial charge in [-0.3, -0.25) is 4.79 Å². The zero-order valence-electron chi connectivity index (χ0n) is 14.9. The van der Waals surface area contributed by atoms with Gasteiger partial charge in [0.25, 0.3) is 0 Å². The molecular formula is C18H31Cl2N3O. The van der Waals surface area contributed by atoms with Crippen LogP contribution in [0.2, 0.25) is 0 Å². The molecule has 1 aliphatic carbocycles. The van der Waals surface area contributed by atoms with Crippen molar-refractivity contribution in [3.8, 4) is 0 Å². The van der Waals surface area contributed by atoms with Gasteiger partial charge in [-0.1, -0.05) is 31.9 Å². The molecule has 3 N–H and O–H groups in total. The number of nitrogens with zero attached hydrogens (tertiary/aromatic N) is 1. The SMILES string of the molecule is CC1CCCC(CNC(=O)Cc2ccc(N)cc2)(N(C)C)C1.Cl.Cl. The van der Waals surface area contributed by atoms with Crippen LogP contribution in [0.1, 0.15) is 38.2 Å². The summed E-state index contributed by atoms with van der Waals surface area (Å²) in [4.78, 5) is 14.5. The zero-order valence-corrected chi connectivity index (χ0v) is 16.5. The molecule has 1 fully saturated rings. The molecule has 2 unspecified atom stereocenters. The van der Waals surface area contributed by atoms with Gasteiger partial charge in [0, 0.05) is 17.8 Å². The highest BCUT2D eigenvalue weighted by molar-refractivity contribution is 5.85. The van der Waals surface area contributed by atoms with Crippen LogP contribution in [0.4, 0.5) is 5.69 Å². The van der Waals surface area contributed by atoms with E-state index in [0.29, 0.717) is 6.42 Å². The van der Waals surface area contributed by atoms with E-state index in [-0.39, 0.29) is 36.3 Å². The summed E-state index contributed by atoms with van der Waals surface area (Å²) < 4.78 is 0. The number of benzene rings is 1. The fourth-order valence-electron chi connectivity index (χ4n) is 3.50. The second kappa shape index (κ2) is 10.1. The smallest absolute Gasteiger partial charge is 0.224 e. The van der Waals surface area contributed by atoms with Crippen LogP contribution in [-0.4, -0.2) is 37.0 Å². The van der Waals surface area contributed by atoms with Gasteiger partial charge in [-0.25, -0.2) is 0 Å². The maximum atomic E-state index is 12.2. The number of nitrogens with one attached hydrogen (secondary N) is 1. The normalized spacial score (nSPS) is 23.1. The van der Waals surface area contributed by atoms with E-state index in [2.05, 4.69) is 31.2 Å². The summed E-state index contributed by atoms with van der Waals surface area (Å²) >= 11 is 0. The van der Waals surface area contributed by atoms with Gasteiger partial charge >= 0.3 is 0 Å². The first-order chi connectivity index (χ1) is 10.4. The molecule has 0 aromatic heterocycles. The maximum absolute atomic E-state index is 12.2. The molecule has 1 saturated carbocycles. The van der Waals surface area contributed by atoms with Crippen molar-refractivity contribution in [1.82, 2.24) is 10.2 Å². The van der Waals surface area contributed by atoms with Crippen molar-refractivity contribution in [2.75, 3.05) is 26.4 Å². The van der Waals surface area contributed by atoms with E-state index in [0.717, 1.165) is 36.6 Å². The Balaban J connectivity index is 0.00000264. The Morgan fingerprint density at radius 1 is 1.29 bits per heavy atom. The molecular weight excluding hydrogens is 345 g/mol. The van der Waals surface area contributed by atoms with Gasteiger partial charge in [-0.15, -0.1) is 24.8 Å². The second-order valence-corrected chi connectivity index (χ2v) is 7.02. The lowest BCUT2D eigenvalue weighted by molar-refractivity contribution is -0.121. The van der Waals surface area contributed by atoms with Crippen molar-refractivity contribution in [2.24, 2.45) is 5.92 Å². The van der Waals surface area contributed by atoms with Crippen LogP contribution in [0.15, 0.2) is 24.3 Å². The van der Waals surface area contributed by atoms with Crippen molar-refractivity contribution in [2.45, 2.75) is 44.6 Å². The number of anilines is 1. The summed E-state index contributed by atoms with van der Waals surface area (Å²) in [6, 6.07) is 7.51. The summed E-state index contributed by atoms with van der Waals surface area (Å²) in [5, 5.41) is 3.15. The van der Waals surface area contributed by atoms with Gasteiger partial charge in [-0.05, 0) is 50.6 Å². The summed E-state index contributed by atoms with van der Waals surface area (Å²) in [5.74, 6) is 0.814. The molecule has 0 bridgehead atoms. The van der Waals surface area contributed by atoms with Crippen molar-refractivity contribution in [3.05, 3.63) is 29.8 Å². The highest BCUT2D eigenvalue weighted by Crippen LogP contribution is 2.35. The minimum absolute atomic E-state index is 0. The maximum Gasteiger partial charge on any atom is 0.224 e. The Hall–Kier alpha value is -0.970. The van der Waals surface area contributed by atoms with E-state index < -0.39 is 0 Å². The van der Waals surface area contributed by atoms with Crippen molar-refractivity contribution >= 4 is 36.4 Å². The largest absolute Gasteiger partial charge is 0.399 e. The number of nitrogens with two attached hydrogens (primary N) is 1. The molecule has 24 heavy (non-hydrogen) atoms. The van der Waals surface area contributed by atoms with Gasteiger partial charge in [0.15, 0.2) is 0 Å². The van der Waals surface area contributed by atoms with E-state index in [1.54, 1.807) is 0 Å². The number of halogens is 2. The Morgan fingerprint density at radius 3 is 2.46 bits per heavy atom. The van der Waals surface area contributed by atoms with Crippen molar-refractivity contribution in [3.63, 3.8) is 0 Å². The number of hydrogen-bond acceptors (Lipinski definition) is 3. The molecule has 0 saturated heterocycles. The first-order valence-corrected chi connectivity index (χ1v) is 8.20. The predicted octanol–water partition coefficient (Wildman–Crippen LogP) is 3.28. The fraction of sp³-hybridized carbons (Fsp3) is 0.611. The monoisotopic (exact) mass is 375 g/mol. The minimum Gasteiger partial charge on any atom is -0.399 e. The van der Waals surface area contributed by atoms with Gasteiger partial charge in [0.2, 0.25) is 5.91 Å². The van der Waals surface area contributed by atoms with E-state index in [9.17, 15) is 4.79 Å². The highest BCUT2D eigenvalue weighted by Gasteiger charge is 2.37. The molecule has 1 amide bonds.